The normalized spacial score (nSPS) is 11.8. The highest BCUT2D eigenvalue weighted by Gasteiger charge is 2.37. The maximum absolute atomic E-state index is 13.5. The van der Waals surface area contributed by atoms with Crippen LogP contribution in [0.15, 0.2) is 83.3 Å². The first-order valence-electron chi connectivity index (χ1n) is 11.2. The van der Waals surface area contributed by atoms with Crippen LogP contribution in [-0.4, -0.2) is 17.9 Å². The fraction of sp³-hybridized carbons (Fsp3) is 0.0667. The number of benzene rings is 4. The van der Waals surface area contributed by atoms with Crippen LogP contribution in [0, 0.1) is 11.3 Å². The van der Waals surface area contributed by atoms with E-state index in [2.05, 4.69) is 0 Å². The second-order valence-electron chi connectivity index (χ2n) is 8.12. The molecule has 0 aliphatic heterocycles. The summed E-state index contributed by atoms with van der Waals surface area (Å²) in [7, 11) is 0. The number of hydrogen-bond donors (Lipinski definition) is 0. The van der Waals surface area contributed by atoms with Gasteiger partial charge in [-0.15, -0.1) is 0 Å². The molecule has 0 amide bonds. The first-order valence-corrected chi connectivity index (χ1v) is 11.2. The number of ether oxygens (including phenoxy) is 1. The number of nitriles is 1. The first kappa shape index (κ1) is 22.8. The van der Waals surface area contributed by atoms with E-state index >= 15 is 0 Å². The van der Waals surface area contributed by atoms with Gasteiger partial charge in [-0.25, -0.2) is 0 Å². The lowest BCUT2D eigenvalue weighted by atomic mass is 9.86. The topological polar surface area (TPSA) is 97.4 Å². The minimum Gasteiger partial charge on any atom is -0.487 e. The Morgan fingerprint density at radius 2 is 1.44 bits per heavy atom. The van der Waals surface area contributed by atoms with Crippen LogP contribution in [-0.2, 0) is 6.61 Å². The lowest BCUT2D eigenvalue weighted by Crippen LogP contribution is -2.19. The van der Waals surface area contributed by atoms with Crippen molar-refractivity contribution in [1.29, 1.82) is 5.26 Å². The molecule has 1 aliphatic carbocycles. The molecule has 0 fully saturated rings. The van der Waals surface area contributed by atoms with Gasteiger partial charge < -0.3 is 9.15 Å². The predicted molar refractivity (Wildman–Crippen MR) is 134 cm³/mol. The van der Waals surface area contributed by atoms with Crippen molar-refractivity contribution >= 4 is 39.6 Å². The SMILES string of the molecule is CC#N.O=Cc1c(OCc2ccccc2)c2ccccc2c2oc3c(c12)C(=O)c1ccccc1C3=O. The minimum atomic E-state index is -0.371. The van der Waals surface area contributed by atoms with Crippen LogP contribution in [0.5, 0.6) is 5.75 Å². The number of carbonyl (C=O) groups is 3. The van der Waals surface area contributed by atoms with Gasteiger partial charge >= 0.3 is 0 Å². The molecule has 6 nitrogen and oxygen atoms in total. The summed E-state index contributed by atoms with van der Waals surface area (Å²) in [6.45, 7) is 1.67. The van der Waals surface area contributed by atoms with Crippen molar-refractivity contribution < 1.29 is 23.5 Å². The molecule has 1 aromatic heterocycles. The zero-order valence-electron chi connectivity index (χ0n) is 19.3. The van der Waals surface area contributed by atoms with E-state index in [1.807, 2.05) is 54.6 Å². The number of rotatable bonds is 4. The van der Waals surface area contributed by atoms with Crippen LogP contribution < -0.4 is 4.74 Å². The van der Waals surface area contributed by atoms with E-state index < -0.39 is 0 Å². The highest BCUT2D eigenvalue weighted by atomic mass is 16.5. The van der Waals surface area contributed by atoms with Gasteiger partial charge in [0.1, 0.15) is 17.9 Å². The highest BCUT2D eigenvalue weighted by Crippen LogP contribution is 2.44. The molecule has 0 bridgehead atoms. The lowest BCUT2D eigenvalue weighted by Gasteiger charge is -2.15. The van der Waals surface area contributed by atoms with Gasteiger partial charge in [0.2, 0.25) is 5.78 Å². The number of carbonyl (C=O) groups excluding carboxylic acids is 3. The van der Waals surface area contributed by atoms with E-state index in [4.69, 9.17) is 14.4 Å². The van der Waals surface area contributed by atoms with E-state index in [9.17, 15) is 14.4 Å². The second kappa shape index (κ2) is 9.32. The van der Waals surface area contributed by atoms with Gasteiger partial charge in [0.05, 0.1) is 17.2 Å². The molecule has 6 heteroatoms. The average Bonchev–Trinajstić information content (AvgIpc) is 3.32. The zero-order chi connectivity index (χ0) is 25.2. The van der Waals surface area contributed by atoms with Gasteiger partial charge in [-0.1, -0.05) is 78.9 Å². The Labute approximate surface area is 206 Å². The molecule has 5 aromatic rings. The van der Waals surface area contributed by atoms with Crippen molar-refractivity contribution in [2.75, 3.05) is 0 Å². The fourth-order valence-corrected chi connectivity index (χ4v) is 4.53. The molecule has 6 rings (SSSR count). The summed E-state index contributed by atoms with van der Waals surface area (Å²) >= 11 is 0. The number of ketones is 2. The molecule has 1 aliphatic rings. The van der Waals surface area contributed by atoms with E-state index in [1.165, 1.54) is 6.92 Å². The minimum absolute atomic E-state index is 0.0397. The Bertz CT molecular complexity index is 1710. The van der Waals surface area contributed by atoms with Crippen molar-refractivity contribution in [1.82, 2.24) is 0 Å². The second-order valence-corrected chi connectivity index (χ2v) is 8.12. The summed E-state index contributed by atoms with van der Waals surface area (Å²) in [4.78, 5) is 39.0. The van der Waals surface area contributed by atoms with E-state index in [1.54, 1.807) is 30.3 Å². The van der Waals surface area contributed by atoms with Gasteiger partial charge in [-0.05, 0) is 5.56 Å². The summed E-state index contributed by atoms with van der Waals surface area (Å²) in [6, 6.07) is 25.3. The summed E-state index contributed by atoms with van der Waals surface area (Å²) in [6.07, 6.45) is 0.670. The molecule has 0 saturated heterocycles. The van der Waals surface area contributed by atoms with E-state index in [0.29, 0.717) is 44.9 Å². The monoisotopic (exact) mass is 473 g/mol. The van der Waals surface area contributed by atoms with Crippen molar-refractivity contribution in [3.05, 3.63) is 112 Å². The first-order chi connectivity index (χ1) is 17.6. The number of nitrogens with zero attached hydrogens (tertiary/aromatic N) is 1. The van der Waals surface area contributed by atoms with Gasteiger partial charge in [-0.3, -0.25) is 14.4 Å². The Morgan fingerprint density at radius 1 is 0.861 bits per heavy atom. The Hall–Kier alpha value is -5.02. The van der Waals surface area contributed by atoms with E-state index in [0.717, 1.165) is 5.56 Å². The molecule has 0 spiro atoms. The fourth-order valence-electron chi connectivity index (χ4n) is 4.53. The van der Waals surface area contributed by atoms with Crippen LogP contribution in [0.25, 0.3) is 21.7 Å². The number of hydrogen-bond acceptors (Lipinski definition) is 6. The Balaban J connectivity index is 0.000000848. The predicted octanol–water partition coefficient (Wildman–Crippen LogP) is 6.28. The van der Waals surface area contributed by atoms with Gasteiger partial charge in [0, 0.05) is 34.2 Å². The van der Waals surface area contributed by atoms with Crippen LogP contribution in [0.1, 0.15) is 54.9 Å². The molecule has 36 heavy (non-hydrogen) atoms. The molecule has 0 N–H and O–H groups in total. The van der Waals surface area contributed by atoms with Crippen LogP contribution >= 0.6 is 0 Å². The third-order valence-corrected chi connectivity index (χ3v) is 6.03. The smallest absolute Gasteiger partial charge is 0.229 e. The molecule has 0 radical (unpaired) electrons. The molecular formula is C30H19NO5. The largest absolute Gasteiger partial charge is 0.487 e. The molecule has 174 valence electrons. The van der Waals surface area contributed by atoms with Crippen LogP contribution in [0.2, 0.25) is 0 Å². The molecule has 0 unspecified atom stereocenters. The number of furan rings is 1. The highest BCUT2D eigenvalue weighted by molar-refractivity contribution is 6.34. The van der Waals surface area contributed by atoms with E-state index in [-0.39, 0.29) is 35.1 Å². The molecule has 4 aromatic carbocycles. The van der Waals surface area contributed by atoms with Gasteiger partial charge in [0.15, 0.2) is 17.8 Å². The quantitative estimate of drug-likeness (QED) is 0.279. The van der Waals surface area contributed by atoms with Crippen LogP contribution in [0.4, 0.5) is 0 Å². The van der Waals surface area contributed by atoms with Gasteiger partial charge in [-0.2, -0.15) is 5.26 Å². The van der Waals surface area contributed by atoms with Crippen LogP contribution in [0.3, 0.4) is 0 Å². The third kappa shape index (κ3) is 3.55. The summed E-state index contributed by atoms with van der Waals surface area (Å²) in [5, 5.41) is 8.97. The molecule has 1 heterocycles. The van der Waals surface area contributed by atoms with Crippen molar-refractivity contribution in [3.63, 3.8) is 0 Å². The maximum Gasteiger partial charge on any atom is 0.229 e. The Morgan fingerprint density at radius 3 is 2.11 bits per heavy atom. The maximum atomic E-state index is 13.5. The molecule has 0 atom stereocenters. The summed E-state index contributed by atoms with van der Waals surface area (Å²) < 4.78 is 12.2. The molecule has 0 saturated carbocycles. The van der Waals surface area contributed by atoms with Crippen molar-refractivity contribution in [2.45, 2.75) is 13.5 Å². The van der Waals surface area contributed by atoms with Crippen molar-refractivity contribution in [3.8, 4) is 11.8 Å². The average molecular weight is 473 g/mol. The molecular weight excluding hydrogens is 454 g/mol. The summed E-state index contributed by atoms with van der Waals surface area (Å²) in [5.74, 6) is -0.391. The number of aldehydes is 1. The standard InChI is InChI=1S/C28H16O5.C2H3N/c29-14-21-22-23-24(30)17-10-4-5-11-18(17)25(31)28(23)33-27(22)20-13-7-6-12-19(20)26(21)32-15-16-8-2-1-3-9-16;1-2-3/h1-14H,15H2;1H3. The Kier molecular flexibility index (Phi) is 5.89. The summed E-state index contributed by atoms with van der Waals surface area (Å²) in [5.41, 5.74) is 2.18. The van der Waals surface area contributed by atoms with Crippen molar-refractivity contribution in [2.24, 2.45) is 0 Å². The zero-order valence-corrected chi connectivity index (χ0v) is 19.3. The third-order valence-electron chi connectivity index (χ3n) is 6.03. The number of fused-ring (bicyclic) bond motifs is 6. The van der Waals surface area contributed by atoms with Gasteiger partial charge in [0.25, 0.3) is 0 Å². The lowest BCUT2D eigenvalue weighted by molar-refractivity contribution is 0.0962.